The van der Waals surface area contributed by atoms with Gasteiger partial charge in [0.2, 0.25) is 0 Å². The van der Waals surface area contributed by atoms with Crippen molar-refractivity contribution in [1.29, 1.82) is 5.26 Å². The van der Waals surface area contributed by atoms with E-state index in [0.29, 0.717) is 5.76 Å². The highest BCUT2D eigenvalue weighted by molar-refractivity contribution is 6.10. The zero-order chi connectivity index (χ0) is 18.4. The molecule has 0 aromatic heterocycles. The van der Waals surface area contributed by atoms with Gasteiger partial charge in [-0.2, -0.15) is 5.26 Å². The van der Waals surface area contributed by atoms with Crippen LogP contribution in [0.3, 0.4) is 0 Å². The maximum Gasteiger partial charge on any atom is 0.141 e. The number of benzene rings is 2. The highest BCUT2D eigenvalue weighted by atomic mass is 16.5. The standard InChI is InChI=1S/C24H19NO2/c1-26-17-8-10-19-16(14-17)6-9-20-21(12-13-25)27-22-11-7-15-4-2-3-5-18(15)24(22)23(19)20/h2-5,8,10,12,14H,6-7,9,11H2,1H3/b21-12-. The van der Waals surface area contributed by atoms with Gasteiger partial charge in [-0.25, -0.2) is 0 Å². The molecule has 2 aromatic rings. The van der Waals surface area contributed by atoms with Gasteiger partial charge >= 0.3 is 0 Å². The van der Waals surface area contributed by atoms with Gasteiger partial charge in [-0.1, -0.05) is 30.3 Å². The van der Waals surface area contributed by atoms with Crippen LogP contribution in [0.5, 0.6) is 5.75 Å². The summed E-state index contributed by atoms with van der Waals surface area (Å²) >= 11 is 0. The molecule has 2 aliphatic carbocycles. The number of ether oxygens (including phenoxy) is 2. The molecule has 1 heterocycles. The van der Waals surface area contributed by atoms with Gasteiger partial charge in [0, 0.05) is 23.1 Å². The van der Waals surface area contributed by atoms with E-state index in [1.54, 1.807) is 13.2 Å². The van der Waals surface area contributed by atoms with Gasteiger partial charge in [-0.15, -0.1) is 0 Å². The van der Waals surface area contributed by atoms with Gasteiger partial charge in [0.1, 0.15) is 17.3 Å². The first-order chi connectivity index (χ1) is 13.3. The molecule has 5 rings (SSSR count). The number of allylic oxidation sites excluding steroid dienone is 5. The zero-order valence-electron chi connectivity index (χ0n) is 15.2. The van der Waals surface area contributed by atoms with E-state index in [4.69, 9.17) is 9.47 Å². The number of hydrogen-bond acceptors (Lipinski definition) is 3. The summed E-state index contributed by atoms with van der Waals surface area (Å²) in [7, 11) is 1.70. The van der Waals surface area contributed by atoms with E-state index in [2.05, 4.69) is 42.5 Å². The second-order valence-corrected chi connectivity index (χ2v) is 7.07. The third kappa shape index (κ3) is 2.41. The molecule has 0 saturated carbocycles. The minimum atomic E-state index is 0.715. The molecule has 0 fully saturated rings. The third-order valence-corrected chi connectivity index (χ3v) is 5.69. The van der Waals surface area contributed by atoms with E-state index < -0.39 is 0 Å². The van der Waals surface area contributed by atoms with Crippen LogP contribution in [0.4, 0.5) is 0 Å². The van der Waals surface area contributed by atoms with E-state index in [9.17, 15) is 5.26 Å². The Kier molecular flexibility index (Phi) is 3.65. The van der Waals surface area contributed by atoms with E-state index in [-0.39, 0.29) is 0 Å². The third-order valence-electron chi connectivity index (χ3n) is 5.69. The lowest BCUT2D eigenvalue weighted by Crippen LogP contribution is -2.19. The maximum atomic E-state index is 9.26. The molecule has 3 nitrogen and oxygen atoms in total. The van der Waals surface area contributed by atoms with E-state index in [1.165, 1.54) is 33.4 Å². The SMILES string of the molecule is COc1ccc2c(c1)CCC1=C2C2=C(CCc3ccccc32)O/C1=C\C#N. The number of hydrogen-bond donors (Lipinski definition) is 0. The number of rotatable bonds is 1. The predicted octanol–water partition coefficient (Wildman–Crippen LogP) is 5.19. The van der Waals surface area contributed by atoms with Crippen molar-refractivity contribution < 1.29 is 9.47 Å². The second-order valence-electron chi connectivity index (χ2n) is 7.07. The summed E-state index contributed by atoms with van der Waals surface area (Å²) in [6, 6.07) is 17.1. The number of methoxy groups -OCH3 is 1. The molecule has 3 aliphatic rings. The molecule has 0 saturated heterocycles. The van der Waals surface area contributed by atoms with Crippen LogP contribution in [0.1, 0.15) is 35.1 Å². The first-order valence-electron chi connectivity index (χ1n) is 9.30. The maximum absolute atomic E-state index is 9.26. The molecule has 0 bridgehead atoms. The van der Waals surface area contributed by atoms with Crippen LogP contribution in [-0.4, -0.2) is 7.11 Å². The fourth-order valence-corrected chi connectivity index (χ4v) is 4.48. The molecule has 0 radical (unpaired) electrons. The fourth-order valence-electron chi connectivity index (χ4n) is 4.48. The second kappa shape index (κ2) is 6.17. The largest absolute Gasteiger partial charge is 0.497 e. The molecule has 1 aliphatic heterocycles. The van der Waals surface area contributed by atoms with Gasteiger partial charge in [-0.3, -0.25) is 0 Å². The van der Waals surface area contributed by atoms with E-state index in [1.807, 2.05) is 6.07 Å². The van der Waals surface area contributed by atoms with Gasteiger partial charge in [0.25, 0.3) is 0 Å². The van der Waals surface area contributed by atoms with Crippen molar-refractivity contribution in [2.45, 2.75) is 25.7 Å². The molecule has 0 N–H and O–H groups in total. The lowest BCUT2D eigenvalue weighted by molar-refractivity contribution is 0.294. The van der Waals surface area contributed by atoms with Crippen molar-refractivity contribution in [3.05, 3.63) is 87.9 Å². The number of nitrogens with zero attached hydrogens (tertiary/aromatic N) is 1. The Labute approximate surface area is 158 Å². The van der Waals surface area contributed by atoms with Crippen LogP contribution in [0.25, 0.3) is 11.1 Å². The zero-order valence-corrected chi connectivity index (χ0v) is 15.2. The Balaban J connectivity index is 1.80. The van der Waals surface area contributed by atoms with Crippen LogP contribution in [0, 0.1) is 11.3 Å². The van der Waals surface area contributed by atoms with E-state index >= 15 is 0 Å². The molecule has 132 valence electrons. The Morgan fingerprint density at radius 3 is 2.63 bits per heavy atom. The summed E-state index contributed by atoms with van der Waals surface area (Å²) < 4.78 is 11.7. The molecule has 3 heteroatoms. The number of aryl methyl sites for hydroxylation is 2. The smallest absolute Gasteiger partial charge is 0.141 e. The van der Waals surface area contributed by atoms with Crippen LogP contribution in [0.2, 0.25) is 0 Å². The number of fused-ring (bicyclic) bond motifs is 5. The molecule has 27 heavy (non-hydrogen) atoms. The van der Waals surface area contributed by atoms with Crippen molar-refractivity contribution in [1.82, 2.24) is 0 Å². The molecule has 0 spiro atoms. The summed E-state index contributed by atoms with van der Waals surface area (Å²) in [5.41, 5.74) is 8.71. The number of nitriles is 1. The summed E-state index contributed by atoms with van der Waals surface area (Å²) in [5, 5.41) is 9.26. The van der Waals surface area contributed by atoms with Crippen LogP contribution in [0.15, 0.2) is 65.6 Å². The summed E-state index contributed by atoms with van der Waals surface area (Å²) in [6.45, 7) is 0. The Morgan fingerprint density at radius 2 is 1.78 bits per heavy atom. The van der Waals surface area contributed by atoms with Crippen LogP contribution >= 0.6 is 0 Å². The van der Waals surface area contributed by atoms with Crippen molar-refractivity contribution in [2.75, 3.05) is 7.11 Å². The highest BCUT2D eigenvalue weighted by Crippen LogP contribution is 2.51. The topological polar surface area (TPSA) is 42.2 Å². The Bertz CT molecular complexity index is 1100. The van der Waals surface area contributed by atoms with Gasteiger partial charge in [0.05, 0.1) is 19.3 Å². The molecule has 0 atom stereocenters. The quantitative estimate of drug-likeness (QED) is 0.663. The average Bonchev–Trinajstić information content (AvgIpc) is 2.72. The van der Waals surface area contributed by atoms with Gasteiger partial charge in [0.15, 0.2) is 0 Å². The molecule has 0 amide bonds. The molecular weight excluding hydrogens is 334 g/mol. The van der Waals surface area contributed by atoms with Crippen molar-refractivity contribution in [3.8, 4) is 11.8 Å². The van der Waals surface area contributed by atoms with E-state index in [0.717, 1.165) is 42.8 Å². The van der Waals surface area contributed by atoms with Crippen LogP contribution < -0.4 is 4.74 Å². The monoisotopic (exact) mass is 353 g/mol. The Hall–Kier alpha value is -3.25. The first kappa shape index (κ1) is 16.0. The predicted molar refractivity (Wildman–Crippen MR) is 105 cm³/mol. The fraction of sp³-hybridized carbons (Fsp3) is 0.208. The minimum Gasteiger partial charge on any atom is -0.497 e. The van der Waals surface area contributed by atoms with Gasteiger partial charge < -0.3 is 9.47 Å². The van der Waals surface area contributed by atoms with Crippen molar-refractivity contribution in [3.63, 3.8) is 0 Å². The lowest BCUT2D eigenvalue weighted by atomic mass is 9.74. The average molecular weight is 353 g/mol. The highest BCUT2D eigenvalue weighted by Gasteiger charge is 2.34. The minimum absolute atomic E-state index is 0.715. The van der Waals surface area contributed by atoms with Crippen molar-refractivity contribution in [2.24, 2.45) is 0 Å². The molecule has 2 aromatic carbocycles. The summed E-state index contributed by atoms with van der Waals surface area (Å²) in [5.74, 6) is 2.58. The van der Waals surface area contributed by atoms with Crippen LogP contribution in [-0.2, 0) is 17.6 Å². The Morgan fingerprint density at radius 1 is 0.963 bits per heavy atom. The summed E-state index contributed by atoms with van der Waals surface area (Å²) in [4.78, 5) is 0. The molecular formula is C24H19NO2. The normalized spacial score (nSPS) is 18.7. The van der Waals surface area contributed by atoms with Crippen molar-refractivity contribution >= 4 is 11.1 Å². The molecule has 0 unspecified atom stereocenters. The summed E-state index contributed by atoms with van der Waals surface area (Å²) in [6.07, 6.45) is 5.15. The lowest BCUT2D eigenvalue weighted by Gasteiger charge is -2.35. The van der Waals surface area contributed by atoms with Gasteiger partial charge in [-0.05, 0) is 53.6 Å². The first-order valence-corrected chi connectivity index (χ1v) is 9.30.